The van der Waals surface area contributed by atoms with Crippen molar-refractivity contribution in [2.75, 3.05) is 33.3 Å². The number of aryl methyl sites for hydroxylation is 1. The first kappa shape index (κ1) is 20.8. The third kappa shape index (κ3) is 5.19. The van der Waals surface area contributed by atoms with E-state index in [2.05, 4.69) is 15.0 Å². The van der Waals surface area contributed by atoms with E-state index in [9.17, 15) is 4.79 Å². The van der Waals surface area contributed by atoms with E-state index in [1.807, 2.05) is 60.4 Å². The molecule has 0 radical (unpaired) electrons. The number of amides is 1. The molecule has 1 amide bonds. The summed E-state index contributed by atoms with van der Waals surface area (Å²) >= 11 is 0. The Morgan fingerprint density at radius 3 is 2.58 bits per heavy atom. The van der Waals surface area contributed by atoms with Gasteiger partial charge in [0.1, 0.15) is 5.75 Å². The third-order valence-corrected chi connectivity index (χ3v) is 5.37. The smallest absolute Gasteiger partial charge is 0.246 e. The standard InChI is InChI=1S/C24H26N4O3/c1-18-7-9-20(10-8-18)24-25-22(31-26-24)17-27-13-15-28(16-14-27)23(29)12-11-19-5-3-4-6-21(19)30-2/h3-12H,13-17H2,1-2H3. The fourth-order valence-corrected chi connectivity index (χ4v) is 3.53. The lowest BCUT2D eigenvalue weighted by Gasteiger charge is -2.33. The van der Waals surface area contributed by atoms with Gasteiger partial charge in [0.05, 0.1) is 13.7 Å². The molecule has 2 aromatic carbocycles. The lowest BCUT2D eigenvalue weighted by Crippen LogP contribution is -2.47. The number of aromatic nitrogens is 2. The van der Waals surface area contributed by atoms with Crippen LogP contribution < -0.4 is 4.74 Å². The van der Waals surface area contributed by atoms with Crippen LogP contribution in [0.5, 0.6) is 5.75 Å². The van der Waals surface area contributed by atoms with Crippen LogP contribution >= 0.6 is 0 Å². The Bertz CT molecular complexity index is 1050. The van der Waals surface area contributed by atoms with Crippen LogP contribution in [0.3, 0.4) is 0 Å². The summed E-state index contributed by atoms with van der Waals surface area (Å²) < 4.78 is 10.8. The molecule has 1 saturated heterocycles. The van der Waals surface area contributed by atoms with Crippen LogP contribution in [0.25, 0.3) is 17.5 Å². The first-order valence-corrected chi connectivity index (χ1v) is 10.3. The van der Waals surface area contributed by atoms with Gasteiger partial charge in [-0.2, -0.15) is 4.98 Å². The molecular weight excluding hydrogens is 392 g/mol. The van der Waals surface area contributed by atoms with E-state index in [4.69, 9.17) is 9.26 Å². The van der Waals surface area contributed by atoms with Gasteiger partial charge in [-0.3, -0.25) is 9.69 Å². The summed E-state index contributed by atoms with van der Waals surface area (Å²) in [7, 11) is 1.63. The molecule has 0 spiro atoms. The molecule has 0 atom stereocenters. The zero-order valence-electron chi connectivity index (χ0n) is 17.8. The highest BCUT2D eigenvalue weighted by atomic mass is 16.5. The Labute approximate surface area is 181 Å². The van der Waals surface area contributed by atoms with E-state index in [-0.39, 0.29) is 5.91 Å². The Morgan fingerprint density at radius 1 is 1.10 bits per heavy atom. The molecule has 0 saturated carbocycles. The average molecular weight is 418 g/mol. The SMILES string of the molecule is COc1ccccc1C=CC(=O)N1CCN(Cc2nc(-c3ccc(C)cc3)no2)CC1. The lowest BCUT2D eigenvalue weighted by molar-refractivity contribution is -0.127. The number of ether oxygens (including phenoxy) is 1. The second-order valence-electron chi connectivity index (χ2n) is 7.55. The Morgan fingerprint density at radius 2 is 1.84 bits per heavy atom. The minimum absolute atomic E-state index is 0.00463. The molecule has 1 aromatic heterocycles. The molecule has 0 unspecified atom stereocenters. The lowest BCUT2D eigenvalue weighted by atomic mass is 10.1. The van der Waals surface area contributed by atoms with Crippen LogP contribution in [0.15, 0.2) is 59.1 Å². The van der Waals surface area contributed by atoms with Crippen LogP contribution in [0.1, 0.15) is 17.0 Å². The summed E-state index contributed by atoms with van der Waals surface area (Å²) in [5.41, 5.74) is 3.02. The molecule has 1 fully saturated rings. The minimum atomic E-state index is 0.00463. The van der Waals surface area contributed by atoms with Crippen molar-refractivity contribution in [1.29, 1.82) is 0 Å². The first-order chi connectivity index (χ1) is 15.1. The number of hydrogen-bond donors (Lipinski definition) is 0. The highest BCUT2D eigenvalue weighted by Gasteiger charge is 2.21. The molecule has 1 aliphatic rings. The monoisotopic (exact) mass is 418 g/mol. The van der Waals surface area contributed by atoms with E-state index in [1.54, 1.807) is 19.3 Å². The quantitative estimate of drug-likeness (QED) is 0.572. The zero-order valence-corrected chi connectivity index (χ0v) is 17.8. The summed E-state index contributed by atoms with van der Waals surface area (Å²) in [6.45, 7) is 5.47. The second-order valence-corrected chi connectivity index (χ2v) is 7.55. The van der Waals surface area contributed by atoms with Crippen molar-refractivity contribution in [3.8, 4) is 17.1 Å². The maximum absolute atomic E-state index is 12.6. The summed E-state index contributed by atoms with van der Waals surface area (Å²) in [5, 5.41) is 4.10. The molecule has 7 nitrogen and oxygen atoms in total. The fourth-order valence-electron chi connectivity index (χ4n) is 3.53. The first-order valence-electron chi connectivity index (χ1n) is 10.3. The van der Waals surface area contributed by atoms with Crippen molar-refractivity contribution >= 4 is 12.0 Å². The van der Waals surface area contributed by atoms with E-state index in [0.29, 0.717) is 31.3 Å². The maximum atomic E-state index is 12.6. The van der Waals surface area contributed by atoms with Gasteiger partial charge in [0.15, 0.2) is 0 Å². The molecule has 160 valence electrons. The van der Waals surface area contributed by atoms with Crippen molar-refractivity contribution in [2.45, 2.75) is 13.5 Å². The predicted molar refractivity (Wildman–Crippen MR) is 118 cm³/mol. The number of hydrogen-bond acceptors (Lipinski definition) is 6. The van der Waals surface area contributed by atoms with Crippen molar-refractivity contribution in [1.82, 2.24) is 19.9 Å². The number of para-hydroxylation sites is 1. The van der Waals surface area contributed by atoms with Gasteiger partial charge in [-0.25, -0.2) is 0 Å². The van der Waals surface area contributed by atoms with Crippen LogP contribution in [0.2, 0.25) is 0 Å². The highest BCUT2D eigenvalue weighted by Crippen LogP contribution is 2.19. The number of methoxy groups -OCH3 is 1. The van der Waals surface area contributed by atoms with E-state index in [0.717, 1.165) is 30.0 Å². The molecule has 0 aliphatic carbocycles. The maximum Gasteiger partial charge on any atom is 0.246 e. The van der Waals surface area contributed by atoms with Crippen LogP contribution in [-0.2, 0) is 11.3 Å². The molecule has 31 heavy (non-hydrogen) atoms. The largest absolute Gasteiger partial charge is 0.496 e. The predicted octanol–water partition coefficient (Wildman–Crippen LogP) is 3.41. The second kappa shape index (κ2) is 9.57. The van der Waals surface area contributed by atoms with E-state index in [1.165, 1.54) is 5.56 Å². The van der Waals surface area contributed by atoms with Gasteiger partial charge in [0.2, 0.25) is 17.6 Å². The normalized spacial score (nSPS) is 14.8. The molecule has 7 heteroatoms. The van der Waals surface area contributed by atoms with Gasteiger partial charge in [-0.1, -0.05) is 53.2 Å². The van der Waals surface area contributed by atoms with Crippen LogP contribution in [0, 0.1) is 6.92 Å². The summed E-state index contributed by atoms with van der Waals surface area (Å²) in [6.07, 6.45) is 3.41. The Balaban J connectivity index is 1.29. The van der Waals surface area contributed by atoms with Crippen molar-refractivity contribution < 1.29 is 14.1 Å². The number of piperazine rings is 1. The van der Waals surface area contributed by atoms with Gasteiger partial charge in [-0.05, 0) is 19.1 Å². The molecule has 0 N–H and O–H groups in total. The summed E-state index contributed by atoms with van der Waals surface area (Å²) in [4.78, 5) is 21.2. The number of benzene rings is 2. The van der Waals surface area contributed by atoms with Crippen LogP contribution in [0.4, 0.5) is 0 Å². The molecule has 1 aliphatic heterocycles. The molecule has 4 rings (SSSR count). The summed E-state index contributed by atoms with van der Waals surface area (Å²) in [5.74, 6) is 1.95. The molecular formula is C24H26N4O3. The van der Waals surface area contributed by atoms with Crippen molar-refractivity contribution in [2.24, 2.45) is 0 Å². The van der Waals surface area contributed by atoms with Crippen molar-refractivity contribution in [3.63, 3.8) is 0 Å². The van der Waals surface area contributed by atoms with Gasteiger partial charge in [0.25, 0.3) is 0 Å². The minimum Gasteiger partial charge on any atom is -0.496 e. The Hall–Kier alpha value is -3.45. The number of nitrogens with zero attached hydrogens (tertiary/aromatic N) is 4. The van der Waals surface area contributed by atoms with Gasteiger partial charge >= 0.3 is 0 Å². The average Bonchev–Trinajstić information content (AvgIpc) is 3.27. The van der Waals surface area contributed by atoms with E-state index >= 15 is 0 Å². The van der Waals surface area contributed by atoms with Gasteiger partial charge in [0, 0.05) is 43.4 Å². The molecule has 0 bridgehead atoms. The van der Waals surface area contributed by atoms with Gasteiger partial charge in [-0.15, -0.1) is 0 Å². The molecule has 2 heterocycles. The third-order valence-electron chi connectivity index (χ3n) is 5.37. The number of carbonyl (C=O) groups excluding carboxylic acids is 1. The fraction of sp³-hybridized carbons (Fsp3) is 0.292. The summed E-state index contributed by atoms with van der Waals surface area (Å²) in [6, 6.07) is 15.7. The number of rotatable bonds is 6. The van der Waals surface area contributed by atoms with Crippen LogP contribution in [-0.4, -0.2) is 59.1 Å². The van der Waals surface area contributed by atoms with Crippen molar-refractivity contribution in [3.05, 3.63) is 71.6 Å². The highest BCUT2D eigenvalue weighted by molar-refractivity contribution is 5.92. The molecule has 3 aromatic rings. The Kier molecular flexibility index (Phi) is 6.43. The number of carbonyl (C=O) groups is 1. The topological polar surface area (TPSA) is 71.7 Å². The van der Waals surface area contributed by atoms with E-state index < -0.39 is 0 Å². The van der Waals surface area contributed by atoms with Gasteiger partial charge < -0.3 is 14.2 Å². The zero-order chi connectivity index (χ0) is 21.6.